The van der Waals surface area contributed by atoms with Gasteiger partial charge in [0.15, 0.2) is 0 Å². The average Bonchev–Trinajstić information content (AvgIpc) is 2.58. The Hall–Kier alpha value is -0.870. The van der Waals surface area contributed by atoms with Crippen LogP contribution >= 0.6 is 0 Å². The maximum atomic E-state index is 12.4. The first-order valence-electron chi connectivity index (χ1n) is 6.56. The Kier molecular flexibility index (Phi) is 4.18. The zero-order chi connectivity index (χ0) is 12.3. The molecule has 4 nitrogen and oxygen atoms in total. The zero-order valence-electron chi connectivity index (χ0n) is 10.7. The third kappa shape index (κ3) is 2.53. The van der Waals surface area contributed by atoms with Crippen molar-refractivity contribution in [3.8, 4) is 0 Å². The summed E-state index contributed by atoms with van der Waals surface area (Å²) >= 11 is 0. The third-order valence-electron chi connectivity index (χ3n) is 3.35. The zero-order valence-corrected chi connectivity index (χ0v) is 10.7. The van der Waals surface area contributed by atoms with Gasteiger partial charge in [0.25, 0.3) is 5.91 Å². The highest BCUT2D eigenvalue weighted by atomic mass is 16.7. The van der Waals surface area contributed by atoms with Crippen LogP contribution in [0.5, 0.6) is 0 Å². The Bertz CT molecular complexity index is 325. The van der Waals surface area contributed by atoms with Crippen molar-refractivity contribution in [3.63, 3.8) is 0 Å². The maximum Gasteiger partial charge on any atom is 0.276 e. The van der Waals surface area contributed by atoms with Gasteiger partial charge in [-0.25, -0.2) is 5.06 Å². The van der Waals surface area contributed by atoms with E-state index in [0.717, 1.165) is 31.3 Å². The van der Waals surface area contributed by atoms with Crippen molar-refractivity contribution in [2.75, 3.05) is 19.8 Å². The number of fused-ring (bicyclic) bond motifs is 2. The fourth-order valence-corrected chi connectivity index (χ4v) is 2.53. The summed E-state index contributed by atoms with van der Waals surface area (Å²) in [4.78, 5) is 17.9. The number of hydroxylamine groups is 2. The lowest BCUT2D eigenvalue weighted by Gasteiger charge is -2.18. The summed E-state index contributed by atoms with van der Waals surface area (Å²) < 4.78 is 5.77. The van der Waals surface area contributed by atoms with Crippen LogP contribution < -0.4 is 0 Å². The number of nitrogens with zero attached hydrogens (tertiary/aromatic N) is 1. The fraction of sp³-hybridized carbons (Fsp3) is 0.769. The second kappa shape index (κ2) is 5.65. The van der Waals surface area contributed by atoms with Crippen molar-refractivity contribution in [2.45, 2.75) is 45.6 Å². The third-order valence-corrected chi connectivity index (χ3v) is 3.35. The van der Waals surface area contributed by atoms with E-state index >= 15 is 0 Å². The number of hydrogen-bond acceptors (Lipinski definition) is 3. The van der Waals surface area contributed by atoms with Gasteiger partial charge in [-0.15, -0.1) is 0 Å². The minimum absolute atomic E-state index is 0.0234. The second-order valence-electron chi connectivity index (χ2n) is 4.53. The summed E-state index contributed by atoms with van der Waals surface area (Å²) in [5, 5.41) is 1.48. The molecule has 0 N–H and O–H groups in total. The Morgan fingerprint density at radius 3 is 2.88 bits per heavy atom. The summed E-state index contributed by atoms with van der Waals surface area (Å²) in [6.07, 6.45) is 3.68. The highest BCUT2D eigenvalue weighted by Gasteiger charge is 2.33. The lowest BCUT2D eigenvalue weighted by atomic mass is 9.95. The molecule has 2 aliphatic rings. The van der Waals surface area contributed by atoms with Crippen molar-refractivity contribution in [1.82, 2.24) is 5.06 Å². The van der Waals surface area contributed by atoms with Gasteiger partial charge in [-0.3, -0.25) is 9.63 Å². The van der Waals surface area contributed by atoms with E-state index in [1.54, 1.807) is 0 Å². The summed E-state index contributed by atoms with van der Waals surface area (Å²) in [7, 11) is 0. The molecule has 2 heterocycles. The minimum Gasteiger partial charge on any atom is -0.371 e. The predicted octanol–water partition coefficient (Wildman–Crippen LogP) is 2.06. The molecule has 1 amide bonds. The Balaban J connectivity index is 2.37. The molecule has 1 fully saturated rings. The van der Waals surface area contributed by atoms with Gasteiger partial charge in [0.1, 0.15) is 0 Å². The summed E-state index contributed by atoms with van der Waals surface area (Å²) in [6.45, 7) is 5.92. The highest BCUT2D eigenvalue weighted by molar-refractivity contribution is 5.95. The smallest absolute Gasteiger partial charge is 0.276 e. The number of ether oxygens (including phenoxy) is 1. The van der Waals surface area contributed by atoms with Gasteiger partial charge in [0.2, 0.25) is 0 Å². The van der Waals surface area contributed by atoms with Crippen molar-refractivity contribution >= 4 is 5.91 Å². The van der Waals surface area contributed by atoms with Gasteiger partial charge in [-0.2, -0.15) is 0 Å². The quantitative estimate of drug-likeness (QED) is 0.756. The van der Waals surface area contributed by atoms with Gasteiger partial charge in [0.05, 0.1) is 25.9 Å². The van der Waals surface area contributed by atoms with Gasteiger partial charge in [0, 0.05) is 5.57 Å². The molecule has 4 heteroatoms. The molecule has 2 aliphatic heterocycles. The van der Waals surface area contributed by atoms with Gasteiger partial charge >= 0.3 is 0 Å². The van der Waals surface area contributed by atoms with Crippen molar-refractivity contribution in [2.24, 2.45) is 0 Å². The SMILES string of the molecule is CCCC1=C2C(=O)N(CCOC2CC)OCC1. The van der Waals surface area contributed by atoms with Crippen LogP contribution in [0.1, 0.15) is 39.5 Å². The number of carbonyl (C=O) groups is 1. The highest BCUT2D eigenvalue weighted by Crippen LogP contribution is 2.28. The van der Waals surface area contributed by atoms with E-state index in [0.29, 0.717) is 19.8 Å². The molecule has 0 spiro atoms. The van der Waals surface area contributed by atoms with E-state index in [1.807, 2.05) is 0 Å². The molecule has 0 radical (unpaired) electrons. The lowest BCUT2D eigenvalue weighted by Crippen LogP contribution is -2.32. The van der Waals surface area contributed by atoms with E-state index < -0.39 is 0 Å². The second-order valence-corrected chi connectivity index (χ2v) is 4.53. The summed E-state index contributed by atoms with van der Waals surface area (Å²) in [6, 6.07) is 0. The molecule has 2 rings (SSSR count). The van der Waals surface area contributed by atoms with E-state index in [9.17, 15) is 4.79 Å². The Labute approximate surface area is 103 Å². The van der Waals surface area contributed by atoms with Crippen LogP contribution in [0, 0.1) is 0 Å². The molecule has 0 saturated carbocycles. The van der Waals surface area contributed by atoms with Crippen molar-refractivity contribution < 1.29 is 14.4 Å². The fourth-order valence-electron chi connectivity index (χ4n) is 2.53. The van der Waals surface area contributed by atoms with Crippen LogP contribution in [-0.4, -0.2) is 36.8 Å². The lowest BCUT2D eigenvalue weighted by molar-refractivity contribution is -0.180. The number of carbonyl (C=O) groups excluding carboxylic acids is 1. The first kappa shape index (κ1) is 12.6. The molecule has 0 aromatic carbocycles. The van der Waals surface area contributed by atoms with Crippen LogP contribution in [0.25, 0.3) is 0 Å². The molecule has 17 heavy (non-hydrogen) atoms. The molecular formula is C13H21NO3. The first-order chi connectivity index (χ1) is 8.27. The maximum absolute atomic E-state index is 12.4. The monoisotopic (exact) mass is 239 g/mol. The molecular weight excluding hydrogens is 218 g/mol. The first-order valence-corrected chi connectivity index (χ1v) is 6.56. The number of amides is 1. The molecule has 2 bridgehead atoms. The molecule has 1 atom stereocenters. The van der Waals surface area contributed by atoms with Crippen LogP contribution in [-0.2, 0) is 14.4 Å². The van der Waals surface area contributed by atoms with E-state index in [1.165, 1.54) is 10.6 Å². The van der Waals surface area contributed by atoms with Crippen LogP contribution in [0.15, 0.2) is 11.1 Å². The normalized spacial score (nSPS) is 25.9. The van der Waals surface area contributed by atoms with E-state index in [4.69, 9.17) is 9.57 Å². The standard InChI is InChI=1S/C13H21NO3/c1-3-5-10-6-8-17-14-7-9-16-11(4-2)12(10)13(14)15/h11H,3-9H2,1-2H3. The number of hydrogen-bond donors (Lipinski definition) is 0. The van der Waals surface area contributed by atoms with Crippen molar-refractivity contribution in [1.29, 1.82) is 0 Å². The Morgan fingerprint density at radius 1 is 1.35 bits per heavy atom. The van der Waals surface area contributed by atoms with E-state index in [-0.39, 0.29) is 12.0 Å². The van der Waals surface area contributed by atoms with Crippen molar-refractivity contribution in [3.05, 3.63) is 11.1 Å². The summed E-state index contributed by atoms with van der Waals surface area (Å²) in [5.41, 5.74) is 2.10. The Morgan fingerprint density at radius 2 is 2.18 bits per heavy atom. The largest absolute Gasteiger partial charge is 0.371 e. The van der Waals surface area contributed by atoms with Gasteiger partial charge in [-0.1, -0.05) is 25.8 Å². The van der Waals surface area contributed by atoms with Crippen LogP contribution in [0.2, 0.25) is 0 Å². The molecule has 0 aliphatic carbocycles. The predicted molar refractivity (Wildman–Crippen MR) is 64.2 cm³/mol. The van der Waals surface area contributed by atoms with Crippen LogP contribution in [0.3, 0.4) is 0 Å². The average molecular weight is 239 g/mol. The molecule has 1 saturated heterocycles. The minimum atomic E-state index is -0.0456. The summed E-state index contributed by atoms with van der Waals surface area (Å²) in [5.74, 6) is 0.0234. The molecule has 0 aromatic heterocycles. The molecule has 96 valence electrons. The number of rotatable bonds is 3. The molecule has 1 unspecified atom stereocenters. The van der Waals surface area contributed by atoms with E-state index in [2.05, 4.69) is 13.8 Å². The van der Waals surface area contributed by atoms with Gasteiger partial charge in [-0.05, 0) is 19.3 Å². The topological polar surface area (TPSA) is 38.8 Å². The van der Waals surface area contributed by atoms with Crippen LogP contribution in [0.4, 0.5) is 0 Å². The van der Waals surface area contributed by atoms with Gasteiger partial charge < -0.3 is 4.74 Å². The molecule has 0 aromatic rings.